The molecule has 1 unspecified atom stereocenters. The first kappa shape index (κ1) is 23.1. The molecule has 1 aliphatic carbocycles. The van der Waals surface area contributed by atoms with E-state index in [9.17, 15) is 9.59 Å². The fourth-order valence-corrected chi connectivity index (χ4v) is 4.83. The smallest absolute Gasteiger partial charge is 0.272 e. The standard InChI is InChI=1S/C27H32N2O4/c1-17(18-8-5-4-6-9-18)28-23(19-12-14-22(32-2)15-13-19)20-10-7-11-21(16-20)29-24-25(30)26(31)27(24)33-3/h7,10-18,23,28-29H,4-6,8-9H2,1-3H3/t17-,23?/m0/s1. The van der Waals surface area contributed by atoms with Gasteiger partial charge < -0.3 is 20.1 Å². The number of benzene rings is 2. The van der Waals surface area contributed by atoms with Gasteiger partial charge in [0.15, 0.2) is 5.75 Å². The van der Waals surface area contributed by atoms with Gasteiger partial charge in [-0.1, -0.05) is 43.5 Å². The average molecular weight is 449 g/mol. The maximum Gasteiger partial charge on any atom is 0.272 e. The molecule has 1 saturated carbocycles. The van der Waals surface area contributed by atoms with Crippen LogP contribution in [0.1, 0.15) is 56.2 Å². The second kappa shape index (κ2) is 10.2. The van der Waals surface area contributed by atoms with Crippen LogP contribution in [0.15, 0.2) is 58.1 Å². The minimum absolute atomic E-state index is 0.0239. The SMILES string of the molecule is COc1ccc(C(N[C@@H](C)C2CCCCC2)c2cccc(Nc3c(OC)c(=O)c3=O)c2)cc1. The summed E-state index contributed by atoms with van der Waals surface area (Å²) in [5.41, 5.74) is 2.03. The van der Waals surface area contributed by atoms with Crippen LogP contribution in [0, 0.1) is 5.92 Å². The van der Waals surface area contributed by atoms with Gasteiger partial charge >= 0.3 is 0 Å². The van der Waals surface area contributed by atoms with E-state index in [0.29, 0.717) is 12.0 Å². The van der Waals surface area contributed by atoms with Gasteiger partial charge in [-0.05, 0) is 61.1 Å². The summed E-state index contributed by atoms with van der Waals surface area (Å²) in [4.78, 5) is 23.7. The van der Waals surface area contributed by atoms with Crippen LogP contribution in [0.4, 0.5) is 11.4 Å². The Labute approximate surface area is 194 Å². The molecule has 0 aliphatic heterocycles. The monoisotopic (exact) mass is 448 g/mol. The van der Waals surface area contributed by atoms with Gasteiger partial charge in [0, 0.05) is 11.7 Å². The summed E-state index contributed by atoms with van der Waals surface area (Å²) in [6.45, 7) is 2.28. The van der Waals surface area contributed by atoms with Crippen LogP contribution in [0.5, 0.6) is 11.5 Å². The van der Waals surface area contributed by atoms with Crippen LogP contribution in [-0.4, -0.2) is 20.3 Å². The van der Waals surface area contributed by atoms with Crippen molar-refractivity contribution in [2.45, 2.75) is 51.1 Å². The summed E-state index contributed by atoms with van der Waals surface area (Å²) >= 11 is 0. The van der Waals surface area contributed by atoms with Gasteiger partial charge in [-0.3, -0.25) is 9.59 Å². The maximum absolute atomic E-state index is 12.0. The molecule has 1 aliphatic rings. The van der Waals surface area contributed by atoms with Crippen LogP contribution in [0.2, 0.25) is 0 Å². The Bertz CT molecular complexity index is 1140. The van der Waals surface area contributed by atoms with E-state index in [0.717, 1.165) is 22.6 Å². The fraction of sp³-hybridized carbons (Fsp3) is 0.407. The quantitative estimate of drug-likeness (QED) is 0.463. The molecule has 4 rings (SSSR count). The van der Waals surface area contributed by atoms with Crippen molar-refractivity contribution in [2.75, 3.05) is 19.5 Å². The van der Waals surface area contributed by atoms with E-state index in [1.807, 2.05) is 30.3 Å². The predicted octanol–water partition coefficient (Wildman–Crippen LogP) is 4.69. The lowest BCUT2D eigenvalue weighted by Gasteiger charge is -2.32. The number of methoxy groups -OCH3 is 2. The molecule has 0 spiro atoms. The van der Waals surface area contributed by atoms with Crippen molar-refractivity contribution < 1.29 is 9.47 Å². The summed E-state index contributed by atoms with van der Waals surface area (Å²) in [6, 6.07) is 16.4. The fourth-order valence-electron chi connectivity index (χ4n) is 4.83. The normalized spacial score (nSPS) is 16.3. The Morgan fingerprint density at radius 2 is 1.61 bits per heavy atom. The molecule has 1 fully saturated rings. The highest BCUT2D eigenvalue weighted by atomic mass is 16.5. The first-order chi connectivity index (χ1) is 16.0. The molecule has 6 nitrogen and oxygen atoms in total. The van der Waals surface area contributed by atoms with E-state index in [-0.39, 0.29) is 17.5 Å². The molecule has 3 aromatic carbocycles. The van der Waals surface area contributed by atoms with Crippen molar-refractivity contribution in [2.24, 2.45) is 5.92 Å². The number of ether oxygens (including phenoxy) is 2. The molecule has 0 heterocycles. The first-order valence-corrected chi connectivity index (χ1v) is 11.7. The van der Waals surface area contributed by atoms with Gasteiger partial charge in [-0.2, -0.15) is 0 Å². The lowest BCUT2D eigenvalue weighted by atomic mass is 9.83. The highest BCUT2D eigenvalue weighted by molar-refractivity contribution is 5.70. The van der Waals surface area contributed by atoms with Gasteiger partial charge in [0.2, 0.25) is 0 Å². The van der Waals surface area contributed by atoms with Gasteiger partial charge in [0.1, 0.15) is 11.4 Å². The van der Waals surface area contributed by atoms with Gasteiger partial charge in [0.25, 0.3) is 10.9 Å². The summed E-state index contributed by atoms with van der Waals surface area (Å²) in [5, 5.41) is 6.95. The minimum atomic E-state index is -0.588. The van der Waals surface area contributed by atoms with Crippen molar-refractivity contribution >= 4 is 11.4 Å². The third-order valence-corrected chi connectivity index (χ3v) is 6.80. The summed E-state index contributed by atoms with van der Waals surface area (Å²) in [7, 11) is 3.06. The summed E-state index contributed by atoms with van der Waals surface area (Å²) < 4.78 is 10.4. The van der Waals surface area contributed by atoms with Crippen LogP contribution in [0.3, 0.4) is 0 Å². The molecular formula is C27H32N2O4. The van der Waals surface area contributed by atoms with Crippen molar-refractivity contribution in [3.8, 4) is 11.5 Å². The lowest BCUT2D eigenvalue weighted by molar-refractivity contribution is 0.272. The largest absolute Gasteiger partial charge is 0.497 e. The third kappa shape index (κ3) is 4.96. The third-order valence-electron chi connectivity index (χ3n) is 6.80. The number of nitrogens with one attached hydrogen (secondary N) is 2. The molecule has 0 radical (unpaired) electrons. The van der Waals surface area contributed by atoms with Crippen molar-refractivity contribution in [3.05, 3.63) is 80.1 Å². The van der Waals surface area contributed by atoms with Crippen LogP contribution in [-0.2, 0) is 0 Å². The average Bonchev–Trinajstić information content (AvgIpc) is 2.87. The Kier molecular flexibility index (Phi) is 7.14. The van der Waals surface area contributed by atoms with E-state index in [1.54, 1.807) is 7.11 Å². The van der Waals surface area contributed by atoms with Crippen molar-refractivity contribution in [1.29, 1.82) is 0 Å². The molecule has 174 valence electrons. The highest BCUT2D eigenvalue weighted by Gasteiger charge is 2.25. The second-order valence-corrected chi connectivity index (χ2v) is 8.88. The van der Waals surface area contributed by atoms with Crippen LogP contribution >= 0.6 is 0 Å². The molecule has 33 heavy (non-hydrogen) atoms. The van der Waals surface area contributed by atoms with E-state index in [2.05, 4.69) is 35.8 Å². The molecule has 0 saturated heterocycles. The number of rotatable bonds is 9. The van der Waals surface area contributed by atoms with Crippen molar-refractivity contribution in [3.63, 3.8) is 0 Å². The Balaban J connectivity index is 1.63. The molecule has 0 bridgehead atoms. The molecule has 0 amide bonds. The zero-order valence-corrected chi connectivity index (χ0v) is 19.5. The predicted molar refractivity (Wildman–Crippen MR) is 132 cm³/mol. The van der Waals surface area contributed by atoms with E-state index in [1.165, 1.54) is 39.2 Å². The molecule has 0 aromatic heterocycles. The zero-order valence-electron chi connectivity index (χ0n) is 19.5. The van der Waals surface area contributed by atoms with Crippen LogP contribution in [0.25, 0.3) is 0 Å². The van der Waals surface area contributed by atoms with Crippen LogP contribution < -0.4 is 31.0 Å². The topological polar surface area (TPSA) is 76.7 Å². The van der Waals surface area contributed by atoms with Gasteiger partial charge in [-0.15, -0.1) is 0 Å². The minimum Gasteiger partial charge on any atom is -0.497 e. The van der Waals surface area contributed by atoms with E-state index < -0.39 is 10.9 Å². The molecular weight excluding hydrogens is 416 g/mol. The maximum atomic E-state index is 12.0. The first-order valence-electron chi connectivity index (χ1n) is 11.7. The number of hydrogen-bond donors (Lipinski definition) is 2. The van der Waals surface area contributed by atoms with Gasteiger partial charge in [-0.25, -0.2) is 0 Å². The number of hydrogen-bond acceptors (Lipinski definition) is 6. The molecule has 2 N–H and O–H groups in total. The molecule has 2 atom stereocenters. The van der Waals surface area contributed by atoms with E-state index >= 15 is 0 Å². The Hall–Kier alpha value is -3.12. The second-order valence-electron chi connectivity index (χ2n) is 8.88. The summed E-state index contributed by atoms with van der Waals surface area (Å²) in [6.07, 6.45) is 6.45. The van der Waals surface area contributed by atoms with Gasteiger partial charge in [0.05, 0.1) is 20.3 Å². The van der Waals surface area contributed by atoms with Crippen molar-refractivity contribution in [1.82, 2.24) is 5.32 Å². The molecule has 3 aromatic rings. The zero-order chi connectivity index (χ0) is 23.4. The Morgan fingerprint density at radius 1 is 0.879 bits per heavy atom. The highest BCUT2D eigenvalue weighted by Crippen LogP contribution is 2.32. The Morgan fingerprint density at radius 3 is 2.27 bits per heavy atom. The molecule has 6 heteroatoms. The van der Waals surface area contributed by atoms with E-state index in [4.69, 9.17) is 9.47 Å². The summed E-state index contributed by atoms with van der Waals surface area (Å²) in [5.74, 6) is 1.57. The lowest BCUT2D eigenvalue weighted by Crippen LogP contribution is -2.37. The number of anilines is 2.